The first-order chi connectivity index (χ1) is 17.4. The van der Waals surface area contributed by atoms with Crippen LogP contribution >= 0.6 is 0 Å². The van der Waals surface area contributed by atoms with Gasteiger partial charge in [-0.05, 0) is 62.2 Å². The van der Waals surface area contributed by atoms with Crippen LogP contribution in [-0.2, 0) is 14.3 Å². The van der Waals surface area contributed by atoms with Crippen LogP contribution in [0.25, 0.3) is 5.76 Å². The topological polar surface area (TPSA) is 88.5 Å². The zero-order chi connectivity index (χ0) is 25.7. The highest BCUT2D eigenvalue weighted by atomic mass is 16.5. The minimum Gasteiger partial charge on any atom is -0.507 e. The third kappa shape index (κ3) is 5.71. The van der Waals surface area contributed by atoms with Gasteiger partial charge in [-0.3, -0.25) is 14.5 Å². The molecule has 192 valence electrons. The fraction of sp³-hybridized carbons (Fsp3) is 0.429. The van der Waals surface area contributed by atoms with Crippen molar-refractivity contribution < 1.29 is 28.9 Å². The van der Waals surface area contributed by atoms with Gasteiger partial charge in [-0.25, -0.2) is 0 Å². The Labute approximate surface area is 212 Å². The molecule has 0 radical (unpaired) electrons. The van der Waals surface area contributed by atoms with E-state index in [2.05, 4.69) is 4.90 Å². The Kier molecular flexibility index (Phi) is 8.28. The van der Waals surface area contributed by atoms with Gasteiger partial charge in [0.2, 0.25) is 0 Å². The number of likely N-dealkylation sites (tertiary alicyclic amines) is 1. The second-order valence-electron chi connectivity index (χ2n) is 9.26. The van der Waals surface area contributed by atoms with E-state index in [1.807, 2.05) is 26.0 Å². The summed E-state index contributed by atoms with van der Waals surface area (Å²) < 4.78 is 16.4. The molecule has 1 atom stereocenters. The first kappa shape index (κ1) is 25.7. The van der Waals surface area contributed by atoms with Gasteiger partial charge in [-0.2, -0.15) is 0 Å². The maximum absolute atomic E-state index is 13.2. The molecule has 0 aliphatic carbocycles. The number of aliphatic hydroxyl groups is 1. The Morgan fingerprint density at radius 1 is 1.00 bits per heavy atom. The normalized spacial score (nSPS) is 20.2. The van der Waals surface area contributed by atoms with Crippen LogP contribution in [0, 0.1) is 0 Å². The molecule has 8 nitrogen and oxygen atoms in total. The zero-order valence-electron chi connectivity index (χ0n) is 21.1. The van der Waals surface area contributed by atoms with Crippen molar-refractivity contribution in [3.63, 3.8) is 0 Å². The van der Waals surface area contributed by atoms with Gasteiger partial charge in [0.05, 0.1) is 38.0 Å². The number of ether oxygens (including phenoxy) is 3. The zero-order valence-corrected chi connectivity index (χ0v) is 21.1. The highest BCUT2D eigenvalue weighted by Crippen LogP contribution is 2.40. The first-order valence-corrected chi connectivity index (χ1v) is 12.4. The summed E-state index contributed by atoms with van der Waals surface area (Å²) in [5, 5.41) is 11.3. The van der Waals surface area contributed by atoms with Crippen LogP contribution in [-0.4, -0.2) is 79.2 Å². The summed E-state index contributed by atoms with van der Waals surface area (Å²) in [6.45, 7) is 8.20. The van der Waals surface area contributed by atoms with Crippen LogP contribution in [0.15, 0.2) is 54.1 Å². The molecule has 2 aliphatic rings. The molecular formula is C28H34N2O6. The monoisotopic (exact) mass is 494 g/mol. The van der Waals surface area contributed by atoms with Gasteiger partial charge in [-0.15, -0.1) is 0 Å². The van der Waals surface area contributed by atoms with E-state index in [0.29, 0.717) is 43.2 Å². The minimum atomic E-state index is -0.688. The standard InChI is InChI=1S/C28H34N2O6/c1-19(2)36-23-11-7-21(8-12-23)26(31)24-25(20-5-9-22(34-3)10-6-20)30(28(33)27(24)32)14-4-13-29-15-17-35-18-16-29/h5-12,19,25,31H,4,13-18H2,1-3H3/t25-/m1/s1. The molecule has 1 N–H and O–H groups in total. The van der Waals surface area contributed by atoms with E-state index < -0.39 is 17.7 Å². The number of morpholine rings is 1. The predicted molar refractivity (Wildman–Crippen MR) is 136 cm³/mol. The Bertz CT molecular complexity index is 1090. The molecular weight excluding hydrogens is 460 g/mol. The number of nitrogens with zero attached hydrogens (tertiary/aromatic N) is 2. The average Bonchev–Trinajstić information content (AvgIpc) is 3.14. The molecule has 2 aromatic rings. The number of carbonyl (C=O) groups is 2. The van der Waals surface area contributed by atoms with Crippen molar-refractivity contribution >= 4 is 17.4 Å². The quantitative estimate of drug-likeness (QED) is 0.324. The second kappa shape index (κ2) is 11.6. The van der Waals surface area contributed by atoms with Crippen LogP contribution < -0.4 is 9.47 Å². The van der Waals surface area contributed by atoms with Gasteiger partial charge in [0, 0.05) is 31.7 Å². The highest BCUT2D eigenvalue weighted by Gasteiger charge is 2.45. The number of carbonyl (C=O) groups excluding carboxylic acids is 2. The molecule has 0 saturated carbocycles. The molecule has 2 fully saturated rings. The third-order valence-corrected chi connectivity index (χ3v) is 6.45. The number of hydrogen-bond donors (Lipinski definition) is 1. The minimum absolute atomic E-state index is 0.0160. The lowest BCUT2D eigenvalue weighted by molar-refractivity contribution is -0.140. The second-order valence-corrected chi connectivity index (χ2v) is 9.26. The molecule has 2 aromatic carbocycles. The van der Waals surface area contributed by atoms with E-state index in [1.165, 1.54) is 0 Å². The van der Waals surface area contributed by atoms with E-state index >= 15 is 0 Å². The molecule has 2 aliphatic heterocycles. The summed E-state index contributed by atoms with van der Waals surface area (Å²) in [7, 11) is 1.58. The summed E-state index contributed by atoms with van der Waals surface area (Å²) in [4.78, 5) is 30.3. The molecule has 2 heterocycles. The maximum atomic E-state index is 13.2. The predicted octanol–water partition coefficient (Wildman–Crippen LogP) is 3.63. The lowest BCUT2D eigenvalue weighted by Crippen LogP contribution is -2.38. The van der Waals surface area contributed by atoms with Gasteiger partial charge in [0.25, 0.3) is 11.7 Å². The van der Waals surface area contributed by atoms with Crippen molar-refractivity contribution in [2.45, 2.75) is 32.4 Å². The van der Waals surface area contributed by atoms with E-state index in [1.54, 1.807) is 48.4 Å². The van der Waals surface area contributed by atoms with Crippen molar-refractivity contribution in [3.05, 3.63) is 65.2 Å². The summed E-state index contributed by atoms with van der Waals surface area (Å²) in [6, 6.07) is 13.4. The fourth-order valence-electron chi connectivity index (χ4n) is 4.65. The molecule has 36 heavy (non-hydrogen) atoms. The summed E-state index contributed by atoms with van der Waals surface area (Å²) in [5.41, 5.74) is 1.28. The number of aliphatic hydroxyl groups excluding tert-OH is 1. The molecule has 4 rings (SSSR count). The summed E-state index contributed by atoms with van der Waals surface area (Å²) in [5.74, 6) is -0.136. The van der Waals surface area contributed by atoms with Crippen molar-refractivity contribution in [1.82, 2.24) is 9.80 Å². The molecule has 0 spiro atoms. The number of Topliss-reactive ketones (excluding diaryl/α,β-unsaturated/α-hetero) is 1. The van der Waals surface area contributed by atoms with E-state index in [9.17, 15) is 14.7 Å². The van der Waals surface area contributed by atoms with Gasteiger partial charge in [0.1, 0.15) is 17.3 Å². The number of methoxy groups -OCH3 is 1. The van der Waals surface area contributed by atoms with Crippen LogP contribution in [0.3, 0.4) is 0 Å². The number of hydrogen-bond acceptors (Lipinski definition) is 7. The fourth-order valence-corrected chi connectivity index (χ4v) is 4.65. The smallest absolute Gasteiger partial charge is 0.295 e. The molecule has 2 saturated heterocycles. The molecule has 1 amide bonds. The van der Waals surface area contributed by atoms with Crippen LogP contribution in [0.2, 0.25) is 0 Å². The Morgan fingerprint density at radius 2 is 1.64 bits per heavy atom. The summed E-state index contributed by atoms with van der Waals surface area (Å²) >= 11 is 0. The average molecular weight is 495 g/mol. The van der Waals surface area contributed by atoms with E-state index in [0.717, 1.165) is 25.2 Å². The van der Waals surface area contributed by atoms with E-state index in [4.69, 9.17) is 14.2 Å². The SMILES string of the molecule is COc1ccc([C@@H]2C(=C(O)c3ccc(OC(C)C)cc3)C(=O)C(=O)N2CCCN2CCOCC2)cc1. The van der Waals surface area contributed by atoms with Crippen molar-refractivity contribution in [3.8, 4) is 11.5 Å². The Hall–Kier alpha value is -3.36. The third-order valence-electron chi connectivity index (χ3n) is 6.45. The van der Waals surface area contributed by atoms with Crippen molar-refractivity contribution in [2.24, 2.45) is 0 Å². The van der Waals surface area contributed by atoms with Gasteiger partial charge in [0.15, 0.2) is 0 Å². The summed E-state index contributed by atoms with van der Waals surface area (Å²) in [6.07, 6.45) is 0.725. The first-order valence-electron chi connectivity index (χ1n) is 12.4. The largest absolute Gasteiger partial charge is 0.507 e. The van der Waals surface area contributed by atoms with Crippen molar-refractivity contribution in [2.75, 3.05) is 46.5 Å². The lowest BCUT2D eigenvalue weighted by Gasteiger charge is -2.29. The maximum Gasteiger partial charge on any atom is 0.295 e. The Balaban J connectivity index is 1.65. The molecule has 0 unspecified atom stereocenters. The van der Waals surface area contributed by atoms with Gasteiger partial charge >= 0.3 is 0 Å². The number of benzene rings is 2. The van der Waals surface area contributed by atoms with Crippen LogP contribution in [0.1, 0.15) is 37.4 Å². The van der Waals surface area contributed by atoms with E-state index in [-0.39, 0.29) is 17.4 Å². The number of amides is 1. The van der Waals surface area contributed by atoms with Crippen LogP contribution in [0.4, 0.5) is 0 Å². The highest BCUT2D eigenvalue weighted by molar-refractivity contribution is 6.46. The molecule has 0 bridgehead atoms. The molecule has 0 aromatic heterocycles. The van der Waals surface area contributed by atoms with Crippen LogP contribution in [0.5, 0.6) is 11.5 Å². The number of ketones is 1. The van der Waals surface area contributed by atoms with Crippen molar-refractivity contribution in [1.29, 1.82) is 0 Å². The van der Waals surface area contributed by atoms with Gasteiger partial charge in [-0.1, -0.05) is 12.1 Å². The Morgan fingerprint density at radius 3 is 2.25 bits per heavy atom. The lowest BCUT2D eigenvalue weighted by atomic mass is 9.95. The number of rotatable bonds is 9. The molecule has 8 heteroatoms. The van der Waals surface area contributed by atoms with Gasteiger partial charge < -0.3 is 24.2 Å².